The molecule has 2 fully saturated rings. The van der Waals surface area contributed by atoms with Crippen LogP contribution in [0.4, 0.5) is 0 Å². The van der Waals surface area contributed by atoms with Gasteiger partial charge in [0.2, 0.25) is 5.91 Å². The summed E-state index contributed by atoms with van der Waals surface area (Å²) in [5.74, 6) is 0.249. The second-order valence-electron chi connectivity index (χ2n) is 3.47. The van der Waals surface area contributed by atoms with E-state index in [9.17, 15) is 4.79 Å². The van der Waals surface area contributed by atoms with Crippen LogP contribution in [-0.2, 0) is 4.79 Å². The van der Waals surface area contributed by atoms with Gasteiger partial charge in [0.25, 0.3) is 0 Å². The molecule has 4 heteroatoms. The van der Waals surface area contributed by atoms with Crippen LogP contribution >= 0.6 is 12.4 Å². The maximum atomic E-state index is 11.2. The number of amides is 1. The molecule has 2 rings (SSSR count). The zero-order chi connectivity index (χ0) is 7.84. The summed E-state index contributed by atoms with van der Waals surface area (Å²) in [4.78, 5) is 13.2. The lowest BCUT2D eigenvalue weighted by Crippen LogP contribution is -2.53. The van der Waals surface area contributed by atoms with Crippen molar-refractivity contribution in [2.24, 2.45) is 0 Å². The first kappa shape index (κ1) is 9.81. The Morgan fingerprint density at radius 3 is 2.17 bits per heavy atom. The van der Waals surface area contributed by atoms with Gasteiger partial charge in [0.1, 0.15) is 0 Å². The van der Waals surface area contributed by atoms with Gasteiger partial charge >= 0.3 is 0 Å². The van der Waals surface area contributed by atoms with E-state index in [-0.39, 0.29) is 18.3 Å². The van der Waals surface area contributed by atoms with Gasteiger partial charge in [0, 0.05) is 32.1 Å². The molecule has 0 radical (unpaired) electrons. The van der Waals surface area contributed by atoms with Gasteiger partial charge in [-0.2, -0.15) is 0 Å². The Morgan fingerprint density at radius 1 is 1.33 bits per heavy atom. The van der Waals surface area contributed by atoms with Gasteiger partial charge in [-0.25, -0.2) is 0 Å². The molecule has 12 heavy (non-hydrogen) atoms. The first-order chi connectivity index (χ1) is 5.29. The van der Waals surface area contributed by atoms with E-state index >= 15 is 0 Å². The molecule has 3 nitrogen and oxygen atoms in total. The lowest BCUT2D eigenvalue weighted by molar-refractivity contribution is -0.132. The molecule has 1 N–H and O–H groups in total. The van der Waals surface area contributed by atoms with Gasteiger partial charge in [-0.15, -0.1) is 12.4 Å². The minimum absolute atomic E-state index is 0. The third kappa shape index (κ3) is 1.43. The number of hydrogen-bond acceptors (Lipinski definition) is 2. The minimum atomic E-state index is 0. The van der Waals surface area contributed by atoms with E-state index in [0.29, 0.717) is 12.1 Å². The summed E-state index contributed by atoms with van der Waals surface area (Å²) in [7, 11) is 0. The average molecular weight is 191 g/mol. The smallest absolute Gasteiger partial charge is 0.220 e. The lowest BCUT2D eigenvalue weighted by atomic mass is 10.2. The zero-order valence-corrected chi connectivity index (χ0v) is 8.06. The summed E-state index contributed by atoms with van der Waals surface area (Å²) >= 11 is 0. The predicted molar refractivity (Wildman–Crippen MR) is 49.4 cm³/mol. The van der Waals surface area contributed by atoms with E-state index in [1.54, 1.807) is 6.92 Å². The normalized spacial score (nSPS) is 32.9. The summed E-state index contributed by atoms with van der Waals surface area (Å²) in [5.41, 5.74) is 0. The summed E-state index contributed by atoms with van der Waals surface area (Å²) in [6.45, 7) is 3.67. The highest BCUT2D eigenvalue weighted by Gasteiger charge is 2.37. The van der Waals surface area contributed by atoms with Crippen molar-refractivity contribution in [3.05, 3.63) is 0 Å². The number of halogens is 1. The van der Waals surface area contributed by atoms with Crippen LogP contribution in [0, 0.1) is 0 Å². The maximum absolute atomic E-state index is 11.2. The fourth-order valence-electron chi connectivity index (χ4n) is 2.29. The number of nitrogens with zero attached hydrogens (tertiary/aromatic N) is 1. The highest BCUT2D eigenvalue weighted by molar-refractivity contribution is 5.85. The van der Waals surface area contributed by atoms with Crippen LogP contribution in [0.25, 0.3) is 0 Å². The molecule has 0 aromatic heterocycles. The van der Waals surface area contributed by atoms with Crippen molar-refractivity contribution < 1.29 is 4.79 Å². The summed E-state index contributed by atoms with van der Waals surface area (Å²) in [6.07, 6.45) is 2.38. The van der Waals surface area contributed by atoms with Crippen LogP contribution in [0.1, 0.15) is 19.8 Å². The minimum Gasteiger partial charge on any atom is -0.334 e. The molecule has 0 aliphatic carbocycles. The van der Waals surface area contributed by atoms with Crippen molar-refractivity contribution >= 4 is 18.3 Å². The molecule has 2 aliphatic rings. The van der Waals surface area contributed by atoms with Crippen LogP contribution in [0.2, 0.25) is 0 Å². The molecule has 0 aromatic carbocycles. The Hall–Kier alpha value is -0.280. The number of rotatable bonds is 0. The number of hydrogen-bond donors (Lipinski definition) is 1. The zero-order valence-electron chi connectivity index (χ0n) is 7.25. The number of carbonyl (C=O) groups is 1. The molecule has 2 saturated heterocycles. The molecule has 2 unspecified atom stereocenters. The first-order valence-electron chi connectivity index (χ1n) is 4.28. The molecule has 2 heterocycles. The van der Waals surface area contributed by atoms with Crippen LogP contribution < -0.4 is 5.32 Å². The Balaban J connectivity index is 0.000000720. The van der Waals surface area contributed by atoms with E-state index in [1.165, 1.54) is 12.8 Å². The summed E-state index contributed by atoms with van der Waals surface area (Å²) < 4.78 is 0. The van der Waals surface area contributed by atoms with Crippen molar-refractivity contribution in [1.29, 1.82) is 0 Å². The third-order valence-electron chi connectivity index (χ3n) is 2.74. The van der Waals surface area contributed by atoms with Crippen molar-refractivity contribution in [3.8, 4) is 0 Å². The van der Waals surface area contributed by atoms with Crippen LogP contribution in [0.15, 0.2) is 0 Å². The number of carbonyl (C=O) groups excluding carboxylic acids is 1. The van der Waals surface area contributed by atoms with E-state index < -0.39 is 0 Å². The SMILES string of the molecule is CC(=O)N1C2CCC1CNC2.Cl. The molecule has 2 aliphatic heterocycles. The Kier molecular flexibility index (Phi) is 2.96. The standard InChI is InChI=1S/C8H14N2O.ClH/c1-6(11)10-7-2-3-8(10)5-9-4-7;/h7-9H,2-5H2,1H3;1H. The van der Waals surface area contributed by atoms with Gasteiger partial charge in [0.05, 0.1) is 0 Å². The van der Waals surface area contributed by atoms with Gasteiger partial charge in [-0.05, 0) is 12.8 Å². The monoisotopic (exact) mass is 190 g/mol. The second kappa shape index (κ2) is 3.62. The summed E-state index contributed by atoms with van der Waals surface area (Å²) in [6, 6.07) is 0.984. The molecular formula is C8H15ClN2O. The Bertz CT molecular complexity index is 170. The average Bonchev–Trinajstić information content (AvgIpc) is 2.23. The van der Waals surface area contributed by atoms with E-state index in [1.807, 2.05) is 0 Å². The number of fused-ring (bicyclic) bond motifs is 2. The van der Waals surface area contributed by atoms with E-state index in [2.05, 4.69) is 10.2 Å². The molecule has 0 saturated carbocycles. The van der Waals surface area contributed by atoms with Crippen LogP contribution in [0.3, 0.4) is 0 Å². The third-order valence-corrected chi connectivity index (χ3v) is 2.74. The van der Waals surface area contributed by atoms with Gasteiger partial charge in [-0.1, -0.05) is 0 Å². The van der Waals surface area contributed by atoms with Crippen molar-refractivity contribution in [2.75, 3.05) is 13.1 Å². The fourth-order valence-corrected chi connectivity index (χ4v) is 2.29. The molecule has 70 valence electrons. The molecular weight excluding hydrogens is 176 g/mol. The Morgan fingerprint density at radius 2 is 1.83 bits per heavy atom. The largest absolute Gasteiger partial charge is 0.334 e. The van der Waals surface area contributed by atoms with Crippen molar-refractivity contribution in [2.45, 2.75) is 31.8 Å². The van der Waals surface area contributed by atoms with Crippen molar-refractivity contribution in [3.63, 3.8) is 0 Å². The topological polar surface area (TPSA) is 32.3 Å². The molecule has 0 spiro atoms. The number of piperazine rings is 1. The van der Waals surface area contributed by atoms with Gasteiger partial charge in [0.15, 0.2) is 0 Å². The van der Waals surface area contributed by atoms with Crippen molar-refractivity contribution in [1.82, 2.24) is 10.2 Å². The lowest BCUT2D eigenvalue weighted by Gasteiger charge is -2.34. The molecule has 0 aromatic rings. The fraction of sp³-hybridized carbons (Fsp3) is 0.875. The van der Waals surface area contributed by atoms with Gasteiger partial charge < -0.3 is 10.2 Å². The van der Waals surface area contributed by atoms with Gasteiger partial charge in [-0.3, -0.25) is 4.79 Å². The van der Waals surface area contributed by atoms with Crippen LogP contribution in [-0.4, -0.2) is 36.0 Å². The van der Waals surface area contributed by atoms with E-state index in [4.69, 9.17) is 0 Å². The second-order valence-corrected chi connectivity index (χ2v) is 3.47. The highest BCUT2D eigenvalue weighted by atomic mass is 35.5. The molecule has 2 bridgehead atoms. The summed E-state index contributed by atoms with van der Waals surface area (Å²) in [5, 5.41) is 3.34. The quantitative estimate of drug-likeness (QED) is 0.600. The molecule has 1 amide bonds. The number of nitrogens with one attached hydrogen (secondary N) is 1. The highest BCUT2D eigenvalue weighted by Crippen LogP contribution is 2.26. The molecule has 2 atom stereocenters. The predicted octanol–water partition coefficient (Wildman–Crippen LogP) is 0.391. The maximum Gasteiger partial charge on any atom is 0.220 e. The van der Waals surface area contributed by atoms with E-state index in [0.717, 1.165) is 13.1 Å². The van der Waals surface area contributed by atoms with Crippen LogP contribution in [0.5, 0.6) is 0 Å². The Labute approximate surface area is 78.9 Å². The first-order valence-corrected chi connectivity index (χ1v) is 4.28.